The number of esters is 1. The average molecular weight is 690 g/mol. The van der Waals surface area contributed by atoms with Gasteiger partial charge in [-0.15, -0.1) is 0 Å². The topological polar surface area (TPSA) is 129 Å². The van der Waals surface area contributed by atoms with Crippen LogP contribution in [0.3, 0.4) is 0 Å². The number of hydrogen-bond acceptors (Lipinski definition) is 9. The molecule has 3 rings (SSSR count). The predicted octanol–water partition coefficient (Wildman–Crippen LogP) is 5.85. The summed E-state index contributed by atoms with van der Waals surface area (Å²) in [5.41, 5.74) is -0.696. The molecule has 2 N–H and O–H groups in total. The predicted molar refractivity (Wildman–Crippen MR) is 190 cm³/mol. The van der Waals surface area contributed by atoms with E-state index in [1.54, 1.807) is 29.8 Å². The van der Waals surface area contributed by atoms with E-state index in [0.29, 0.717) is 25.7 Å². The van der Waals surface area contributed by atoms with Crippen molar-refractivity contribution in [1.29, 1.82) is 0 Å². The first kappa shape index (κ1) is 40.5. The molecule has 278 valence electrons. The van der Waals surface area contributed by atoms with Crippen LogP contribution in [0.1, 0.15) is 98.8 Å². The summed E-state index contributed by atoms with van der Waals surface area (Å²) in [6, 6.07) is 0.587. The van der Waals surface area contributed by atoms with Crippen molar-refractivity contribution >= 4 is 18.2 Å². The van der Waals surface area contributed by atoms with Crippen LogP contribution in [0.4, 0.5) is 9.59 Å². The van der Waals surface area contributed by atoms with Crippen LogP contribution in [0, 0.1) is 11.8 Å². The summed E-state index contributed by atoms with van der Waals surface area (Å²) in [5, 5.41) is 22.2. The monoisotopic (exact) mass is 689 g/mol. The highest BCUT2D eigenvalue weighted by Crippen LogP contribution is 2.28. The molecule has 11 heteroatoms. The number of rotatable bonds is 9. The first-order valence-corrected chi connectivity index (χ1v) is 18.5. The molecule has 49 heavy (non-hydrogen) atoms. The van der Waals surface area contributed by atoms with E-state index in [2.05, 4.69) is 4.90 Å². The lowest BCUT2D eigenvalue weighted by molar-refractivity contribution is -0.151. The third kappa shape index (κ3) is 13.4. The Kier molecular flexibility index (Phi) is 16.6. The molecule has 0 unspecified atom stereocenters. The minimum atomic E-state index is -1.47. The second kappa shape index (κ2) is 20.1. The van der Waals surface area contributed by atoms with Crippen LogP contribution in [0.15, 0.2) is 36.0 Å². The quantitative estimate of drug-likeness (QED) is 0.101. The summed E-state index contributed by atoms with van der Waals surface area (Å²) in [6.45, 7) is 13.0. The molecule has 11 nitrogen and oxygen atoms in total. The summed E-state index contributed by atoms with van der Waals surface area (Å²) in [4.78, 5) is 44.2. The van der Waals surface area contributed by atoms with Crippen LogP contribution in [0.5, 0.6) is 0 Å². The van der Waals surface area contributed by atoms with Crippen molar-refractivity contribution in [2.24, 2.45) is 11.8 Å². The highest BCUT2D eigenvalue weighted by Gasteiger charge is 2.37. The number of aliphatic hydroxyl groups is 2. The molecule has 1 aliphatic carbocycles. The fourth-order valence-electron chi connectivity index (χ4n) is 6.81. The van der Waals surface area contributed by atoms with Crippen molar-refractivity contribution in [3.8, 4) is 0 Å². The van der Waals surface area contributed by atoms with E-state index >= 15 is 0 Å². The van der Waals surface area contributed by atoms with Gasteiger partial charge < -0.3 is 34.2 Å². The lowest BCUT2D eigenvalue weighted by Crippen LogP contribution is -2.53. The Morgan fingerprint density at radius 1 is 1.12 bits per heavy atom. The molecule has 0 bridgehead atoms. The van der Waals surface area contributed by atoms with Gasteiger partial charge in [-0.2, -0.15) is 0 Å². The molecular weight excluding hydrogens is 626 g/mol. The van der Waals surface area contributed by atoms with Crippen LogP contribution >= 0.6 is 0 Å². The van der Waals surface area contributed by atoms with Gasteiger partial charge in [-0.3, -0.25) is 9.69 Å². The second-order valence-corrected chi connectivity index (χ2v) is 14.7. The van der Waals surface area contributed by atoms with Gasteiger partial charge in [0.25, 0.3) is 0 Å². The molecule has 2 aliphatic heterocycles. The van der Waals surface area contributed by atoms with E-state index in [1.165, 1.54) is 38.5 Å². The van der Waals surface area contributed by atoms with Gasteiger partial charge in [0.2, 0.25) is 0 Å². The van der Waals surface area contributed by atoms with Crippen molar-refractivity contribution in [3.05, 3.63) is 36.0 Å². The Morgan fingerprint density at radius 3 is 2.45 bits per heavy atom. The van der Waals surface area contributed by atoms with E-state index < -0.39 is 36.0 Å². The molecule has 0 radical (unpaired) electrons. The number of nitrogens with zero attached hydrogens (tertiary/aromatic N) is 3. The first-order valence-electron chi connectivity index (χ1n) is 18.5. The molecule has 1 saturated carbocycles. The van der Waals surface area contributed by atoms with Crippen molar-refractivity contribution < 1.29 is 38.8 Å². The maximum atomic E-state index is 13.4. The molecule has 1 saturated heterocycles. The second-order valence-electron chi connectivity index (χ2n) is 14.7. The summed E-state index contributed by atoms with van der Waals surface area (Å²) in [6.07, 6.45) is 14.2. The molecule has 0 aromatic rings. The Labute approximate surface area is 294 Å². The van der Waals surface area contributed by atoms with Crippen LogP contribution in [0.25, 0.3) is 0 Å². The molecule has 2 amide bonds. The Balaban J connectivity index is 1.68. The molecular formula is C38H63N3O8. The number of amides is 2. The minimum absolute atomic E-state index is 0.0354. The smallest absolute Gasteiger partial charge is 0.410 e. The van der Waals surface area contributed by atoms with Gasteiger partial charge in [0, 0.05) is 57.6 Å². The number of allylic oxidation sites excluding steroid dienone is 2. The van der Waals surface area contributed by atoms with Crippen molar-refractivity contribution in [2.45, 2.75) is 129 Å². The summed E-state index contributed by atoms with van der Waals surface area (Å²) in [7, 11) is 1.71. The molecule has 0 spiro atoms. The van der Waals surface area contributed by atoms with Crippen LogP contribution in [-0.2, 0) is 19.0 Å². The number of carbonyl (C=O) groups is 3. The summed E-state index contributed by atoms with van der Waals surface area (Å²) in [5.74, 6) is -0.901. The van der Waals surface area contributed by atoms with Crippen LogP contribution < -0.4 is 0 Å². The van der Waals surface area contributed by atoms with Crippen LogP contribution in [0.2, 0.25) is 0 Å². The van der Waals surface area contributed by atoms with E-state index in [9.17, 15) is 24.6 Å². The van der Waals surface area contributed by atoms with Gasteiger partial charge in [-0.25, -0.2) is 9.59 Å². The lowest BCUT2D eigenvalue weighted by Gasteiger charge is -2.40. The molecule has 2 fully saturated rings. The van der Waals surface area contributed by atoms with Gasteiger partial charge in [-0.1, -0.05) is 70.8 Å². The Hall–Kier alpha value is -2.89. The normalized spacial score (nSPS) is 30.0. The number of carbonyl (C=O) groups excluding carboxylic acids is 3. The van der Waals surface area contributed by atoms with Gasteiger partial charge in [0.15, 0.2) is 6.10 Å². The zero-order valence-electron chi connectivity index (χ0n) is 30.9. The highest BCUT2D eigenvalue weighted by atomic mass is 16.6. The molecule has 6 atom stereocenters. The van der Waals surface area contributed by atoms with Crippen molar-refractivity contribution in [1.82, 2.24) is 14.7 Å². The highest BCUT2D eigenvalue weighted by molar-refractivity contribution is 5.70. The number of hydrogen-bond donors (Lipinski definition) is 2. The standard InChI is InChI=1S/C38H63N3O8/c1-7-21-39(6)36(44)47-27-28(2)13-12-14-29(3)35-30(4)17-18-33(38(5,46)20-19-32(42)26-34(43)49-35)48-37(45)41-24-22-40(23-25-41)31-15-10-8-9-11-16-31/h12-14,17-18,28,30-33,35,42,46H,7-11,15-16,19-27H2,1-6H3/b13-12+,18-17-,29-14+/t28-,30+,32-,33+,35-,38-/m1/s1. The molecule has 2 heterocycles. The fraction of sp³-hybridized carbons (Fsp3) is 0.763. The van der Waals surface area contributed by atoms with Gasteiger partial charge >= 0.3 is 18.2 Å². The number of aliphatic hydroxyl groups excluding tert-OH is 1. The first-order chi connectivity index (χ1) is 23.3. The number of ether oxygens (including phenoxy) is 3. The summed E-state index contributed by atoms with van der Waals surface area (Å²) < 4.78 is 17.3. The molecule has 0 aromatic heterocycles. The lowest BCUT2D eigenvalue weighted by atomic mass is 9.89. The SMILES string of the molecule is CCCN(C)C(=O)OC[C@H](C)/C=C/C=C(\C)[C@H]1OC(=O)C[C@H](O)CC[C@@](C)(O)[C@@H](OC(=O)N2CCN(C3CCCCCC3)CC2)/C=C\[C@@H]1C. The molecule has 3 aliphatic rings. The van der Waals surface area contributed by atoms with Crippen LogP contribution in [-0.4, -0.2) is 119 Å². The molecule has 0 aromatic carbocycles. The van der Waals surface area contributed by atoms with E-state index in [-0.39, 0.29) is 43.8 Å². The minimum Gasteiger partial charge on any atom is -0.457 e. The summed E-state index contributed by atoms with van der Waals surface area (Å²) >= 11 is 0. The Bertz CT molecular complexity index is 1140. The van der Waals surface area contributed by atoms with Gasteiger partial charge in [0.05, 0.1) is 19.1 Å². The number of cyclic esters (lactones) is 1. The third-order valence-electron chi connectivity index (χ3n) is 10.1. The maximum absolute atomic E-state index is 13.4. The van der Waals surface area contributed by atoms with Crippen molar-refractivity contribution in [3.63, 3.8) is 0 Å². The fourth-order valence-corrected chi connectivity index (χ4v) is 6.81. The van der Waals surface area contributed by atoms with E-state index in [4.69, 9.17) is 14.2 Å². The van der Waals surface area contributed by atoms with Gasteiger partial charge in [-0.05, 0) is 57.6 Å². The van der Waals surface area contributed by atoms with Crippen molar-refractivity contribution in [2.75, 3.05) is 46.4 Å². The van der Waals surface area contributed by atoms with Gasteiger partial charge in [0.1, 0.15) is 11.7 Å². The third-order valence-corrected chi connectivity index (χ3v) is 10.1. The van der Waals surface area contributed by atoms with E-state index in [1.807, 2.05) is 52.0 Å². The average Bonchev–Trinajstić information content (AvgIpc) is 3.36. The zero-order valence-corrected chi connectivity index (χ0v) is 30.9. The number of piperazine rings is 1. The Morgan fingerprint density at radius 2 is 1.80 bits per heavy atom. The maximum Gasteiger partial charge on any atom is 0.410 e. The van der Waals surface area contributed by atoms with E-state index in [0.717, 1.165) is 25.1 Å². The zero-order chi connectivity index (χ0) is 36.0. The largest absolute Gasteiger partial charge is 0.457 e.